The summed E-state index contributed by atoms with van der Waals surface area (Å²) >= 11 is -0.898. The average molecular weight is 471 g/mol. The van der Waals surface area contributed by atoms with Crippen molar-refractivity contribution < 1.29 is 18.7 Å². The van der Waals surface area contributed by atoms with Gasteiger partial charge in [-0.25, -0.2) is 0 Å². The Kier molecular flexibility index (Phi) is 6.04. The number of amides is 1. The number of rotatable bonds is 5. The van der Waals surface area contributed by atoms with Crippen LogP contribution in [0.1, 0.15) is 0 Å². The predicted molar refractivity (Wildman–Crippen MR) is 114 cm³/mol. The van der Waals surface area contributed by atoms with Crippen LogP contribution in [0, 0.1) is 5.82 Å². The van der Waals surface area contributed by atoms with E-state index in [2.05, 4.69) is 14.9 Å². The van der Waals surface area contributed by atoms with Gasteiger partial charge in [-0.1, -0.05) is 0 Å². The molecule has 1 radical (unpaired) electrons. The van der Waals surface area contributed by atoms with Crippen molar-refractivity contribution in [1.29, 1.82) is 0 Å². The monoisotopic (exact) mass is 471 g/mol. The molecule has 155 valence electrons. The van der Waals surface area contributed by atoms with Crippen molar-refractivity contribution in [3.63, 3.8) is 0 Å². The number of piperazine rings is 1. The fourth-order valence-electron chi connectivity index (χ4n) is 3.31. The molecular formula is C21H21AsFN4O3. The van der Waals surface area contributed by atoms with E-state index in [1.807, 2.05) is 17.0 Å². The van der Waals surface area contributed by atoms with E-state index in [-0.39, 0.29) is 10.5 Å². The van der Waals surface area contributed by atoms with E-state index in [9.17, 15) is 9.18 Å². The first-order valence-corrected chi connectivity index (χ1v) is 11.4. The minimum atomic E-state index is -0.898. The zero-order chi connectivity index (χ0) is 21.1. The van der Waals surface area contributed by atoms with Crippen LogP contribution in [0.2, 0.25) is 0 Å². The molecule has 2 heterocycles. The van der Waals surface area contributed by atoms with E-state index in [1.165, 1.54) is 19.2 Å². The van der Waals surface area contributed by atoms with E-state index in [0.717, 1.165) is 5.69 Å². The summed E-state index contributed by atoms with van der Waals surface area (Å²) < 4.78 is 24.4. The number of methoxy groups -OCH3 is 2. The van der Waals surface area contributed by atoms with Crippen LogP contribution in [0.25, 0.3) is 11.0 Å². The van der Waals surface area contributed by atoms with Gasteiger partial charge < -0.3 is 0 Å². The first-order chi connectivity index (χ1) is 14.6. The summed E-state index contributed by atoms with van der Waals surface area (Å²) in [7, 11) is 3.13. The second-order valence-electron chi connectivity index (χ2n) is 6.76. The van der Waals surface area contributed by atoms with Crippen LogP contribution in [-0.4, -0.2) is 75.7 Å². The van der Waals surface area contributed by atoms with Crippen LogP contribution in [0.4, 0.5) is 14.9 Å². The second kappa shape index (κ2) is 8.88. The van der Waals surface area contributed by atoms with E-state index < -0.39 is 15.8 Å². The van der Waals surface area contributed by atoms with Gasteiger partial charge in [-0.3, -0.25) is 0 Å². The van der Waals surface area contributed by atoms with Crippen LogP contribution >= 0.6 is 0 Å². The van der Waals surface area contributed by atoms with Gasteiger partial charge in [-0.05, 0) is 0 Å². The molecule has 0 aliphatic carbocycles. The molecule has 0 saturated carbocycles. The number of hydrogen-bond acceptors (Lipinski definition) is 6. The Morgan fingerprint density at radius 2 is 1.70 bits per heavy atom. The van der Waals surface area contributed by atoms with Gasteiger partial charge in [0.15, 0.2) is 0 Å². The summed E-state index contributed by atoms with van der Waals surface area (Å²) in [6.07, 6.45) is 0. The first-order valence-electron chi connectivity index (χ1n) is 9.48. The van der Waals surface area contributed by atoms with Crippen molar-refractivity contribution in [2.75, 3.05) is 45.3 Å². The van der Waals surface area contributed by atoms with Crippen molar-refractivity contribution in [2.45, 2.75) is 0 Å². The molecule has 3 aromatic rings. The molecule has 7 nitrogen and oxygen atoms in total. The van der Waals surface area contributed by atoms with Gasteiger partial charge in [-0.2, -0.15) is 0 Å². The number of carbonyl (C=O) groups excluding carboxylic acids is 1. The molecule has 1 saturated heterocycles. The van der Waals surface area contributed by atoms with Gasteiger partial charge in [0.1, 0.15) is 0 Å². The van der Waals surface area contributed by atoms with Gasteiger partial charge in [0.25, 0.3) is 0 Å². The zero-order valence-electron chi connectivity index (χ0n) is 16.7. The fraction of sp³-hybridized carbons (Fsp3) is 0.286. The van der Waals surface area contributed by atoms with Crippen molar-refractivity contribution in [2.24, 2.45) is 0 Å². The quantitative estimate of drug-likeness (QED) is 0.531. The molecule has 1 aliphatic heterocycles. The Bertz CT molecular complexity index is 1060. The van der Waals surface area contributed by atoms with E-state index in [0.29, 0.717) is 53.3 Å². The number of carbonyl (C=O) groups is 1. The molecule has 0 bridgehead atoms. The molecule has 1 fully saturated rings. The summed E-state index contributed by atoms with van der Waals surface area (Å²) in [4.78, 5) is 26.1. The summed E-state index contributed by atoms with van der Waals surface area (Å²) in [6, 6.07) is 11.9. The molecule has 0 atom stereocenters. The third-order valence-electron chi connectivity index (χ3n) is 4.96. The fourth-order valence-corrected chi connectivity index (χ4v) is 5.24. The zero-order valence-corrected chi connectivity index (χ0v) is 18.6. The SMILES string of the molecule is COc1ccc2nc(OC)c([As]C(=O)N3CCN(c4ccc(F)cc4)CC3)nc2c1. The third kappa shape index (κ3) is 4.33. The molecule has 0 N–H and O–H groups in total. The number of fused-ring (bicyclic) bond motifs is 1. The maximum absolute atomic E-state index is 13.1. The summed E-state index contributed by atoms with van der Waals surface area (Å²) in [5, 5.41) is 0. The summed E-state index contributed by atoms with van der Waals surface area (Å²) in [6.45, 7) is 2.64. The van der Waals surface area contributed by atoms with Crippen LogP contribution in [0.3, 0.4) is 0 Å². The molecule has 4 rings (SSSR count). The number of halogens is 1. The Morgan fingerprint density at radius 3 is 2.37 bits per heavy atom. The number of benzene rings is 2. The molecule has 30 heavy (non-hydrogen) atoms. The third-order valence-corrected chi connectivity index (χ3v) is 7.01. The number of ether oxygens (including phenoxy) is 2. The Labute approximate surface area is 180 Å². The first kappa shape index (κ1) is 20.4. The van der Waals surface area contributed by atoms with Crippen molar-refractivity contribution in [1.82, 2.24) is 14.9 Å². The summed E-state index contributed by atoms with van der Waals surface area (Å²) in [5.74, 6) is 0.832. The predicted octanol–water partition coefficient (Wildman–Crippen LogP) is 2.06. The Balaban J connectivity index is 1.46. The van der Waals surface area contributed by atoms with Crippen LogP contribution in [0.15, 0.2) is 42.5 Å². The normalized spacial score (nSPS) is 14.5. The number of aromatic nitrogens is 2. The summed E-state index contributed by atoms with van der Waals surface area (Å²) in [5.41, 5.74) is 2.33. The van der Waals surface area contributed by atoms with Crippen LogP contribution < -0.4 is 18.9 Å². The standard InChI is InChI=1S/C21H21AsFN4O3/c1-29-16-7-8-17-18(13-16)24-19(20(25-17)30-2)22-21(28)27-11-9-26(10-12-27)15-5-3-14(23)4-6-15/h3-8,13H,9-12H2,1-2H3. The second-order valence-corrected chi connectivity index (χ2v) is 8.92. The van der Waals surface area contributed by atoms with Gasteiger partial charge in [-0.15, -0.1) is 0 Å². The average Bonchev–Trinajstić information content (AvgIpc) is 2.78. The number of anilines is 1. The van der Waals surface area contributed by atoms with Gasteiger partial charge in [0, 0.05) is 0 Å². The van der Waals surface area contributed by atoms with Gasteiger partial charge in [0.2, 0.25) is 0 Å². The maximum atomic E-state index is 13.1. The Morgan fingerprint density at radius 1 is 0.967 bits per heavy atom. The molecule has 1 aromatic heterocycles. The van der Waals surface area contributed by atoms with Crippen molar-refractivity contribution in [3.8, 4) is 11.6 Å². The van der Waals surface area contributed by atoms with E-state index in [4.69, 9.17) is 9.47 Å². The molecule has 0 spiro atoms. The van der Waals surface area contributed by atoms with Crippen LogP contribution in [0.5, 0.6) is 11.6 Å². The van der Waals surface area contributed by atoms with E-state index in [1.54, 1.807) is 25.3 Å². The van der Waals surface area contributed by atoms with Crippen molar-refractivity contribution >= 4 is 41.6 Å². The van der Waals surface area contributed by atoms with Crippen LogP contribution in [-0.2, 0) is 0 Å². The molecule has 1 amide bonds. The Hall–Kier alpha value is -2.86. The molecule has 0 unspecified atom stereocenters. The molecule has 2 aromatic carbocycles. The minimum absolute atomic E-state index is 0.0693. The van der Waals surface area contributed by atoms with Crippen molar-refractivity contribution in [3.05, 3.63) is 48.3 Å². The topological polar surface area (TPSA) is 67.8 Å². The number of nitrogens with zero attached hydrogens (tertiary/aromatic N) is 4. The van der Waals surface area contributed by atoms with E-state index >= 15 is 0 Å². The van der Waals surface area contributed by atoms with Gasteiger partial charge >= 0.3 is 180 Å². The molecular weight excluding hydrogens is 450 g/mol. The van der Waals surface area contributed by atoms with Gasteiger partial charge in [0.05, 0.1) is 0 Å². The number of hydrogen-bond donors (Lipinski definition) is 0. The molecule has 9 heteroatoms. The molecule has 1 aliphatic rings.